The number of nitrogens with zero attached hydrogens (tertiary/aromatic N) is 2. The summed E-state index contributed by atoms with van der Waals surface area (Å²) in [6.07, 6.45) is 0. The molecule has 0 saturated carbocycles. The van der Waals surface area contributed by atoms with Crippen molar-refractivity contribution in [3.05, 3.63) is 47.4 Å². The standard InChI is InChI=1S/C17H20N4O2/c1-10(2)18-16-9-15(19-12(4)20-16)17(23)21-14-7-5-13(6-8-14)11(3)22/h5-10H,1-4H3,(H,21,23)(H,18,19,20). The molecule has 0 radical (unpaired) electrons. The minimum Gasteiger partial charge on any atom is -0.368 e. The van der Waals surface area contributed by atoms with E-state index in [1.165, 1.54) is 6.92 Å². The van der Waals surface area contributed by atoms with Crippen molar-refractivity contribution in [2.75, 3.05) is 10.6 Å². The molecule has 0 unspecified atom stereocenters. The Bertz CT molecular complexity index is 724. The van der Waals surface area contributed by atoms with Crippen LogP contribution < -0.4 is 10.6 Å². The van der Waals surface area contributed by atoms with Crippen LogP contribution in [-0.2, 0) is 0 Å². The summed E-state index contributed by atoms with van der Waals surface area (Å²) in [7, 11) is 0. The molecule has 0 bridgehead atoms. The van der Waals surface area contributed by atoms with Crippen LogP contribution in [0.15, 0.2) is 30.3 Å². The number of ketones is 1. The minimum atomic E-state index is -0.321. The Balaban J connectivity index is 2.16. The fourth-order valence-corrected chi connectivity index (χ4v) is 2.04. The fraction of sp³-hybridized carbons (Fsp3) is 0.294. The first kappa shape index (κ1) is 16.6. The van der Waals surface area contributed by atoms with Gasteiger partial charge in [0, 0.05) is 23.4 Å². The van der Waals surface area contributed by atoms with Gasteiger partial charge in [-0.05, 0) is 52.0 Å². The van der Waals surface area contributed by atoms with E-state index >= 15 is 0 Å². The average molecular weight is 312 g/mol. The molecule has 1 aromatic carbocycles. The number of amides is 1. The lowest BCUT2D eigenvalue weighted by Crippen LogP contribution is -2.17. The molecule has 0 atom stereocenters. The molecule has 2 aromatic rings. The highest BCUT2D eigenvalue weighted by atomic mass is 16.2. The minimum absolute atomic E-state index is 0.0151. The SMILES string of the molecule is CC(=O)c1ccc(NC(=O)c2cc(NC(C)C)nc(C)n2)cc1. The van der Waals surface area contributed by atoms with Crippen LogP contribution in [0.25, 0.3) is 0 Å². The van der Waals surface area contributed by atoms with E-state index in [4.69, 9.17) is 0 Å². The molecule has 2 rings (SSSR count). The Labute approximate surface area is 135 Å². The molecule has 2 N–H and O–H groups in total. The lowest BCUT2D eigenvalue weighted by Gasteiger charge is -2.11. The molecule has 0 aliphatic heterocycles. The number of nitrogens with one attached hydrogen (secondary N) is 2. The highest BCUT2D eigenvalue weighted by Gasteiger charge is 2.11. The number of Topliss-reactive ketones (excluding diaryl/α,β-unsaturated/α-hetero) is 1. The van der Waals surface area contributed by atoms with Gasteiger partial charge in [0.05, 0.1) is 0 Å². The number of carbonyl (C=O) groups excluding carboxylic acids is 2. The largest absolute Gasteiger partial charge is 0.368 e. The second-order valence-electron chi connectivity index (χ2n) is 5.57. The van der Waals surface area contributed by atoms with Crippen molar-refractivity contribution >= 4 is 23.2 Å². The summed E-state index contributed by atoms with van der Waals surface area (Å²) >= 11 is 0. The van der Waals surface area contributed by atoms with E-state index in [2.05, 4.69) is 20.6 Å². The van der Waals surface area contributed by atoms with Crippen LogP contribution in [0.1, 0.15) is 47.4 Å². The summed E-state index contributed by atoms with van der Waals surface area (Å²) in [5.41, 5.74) is 1.50. The van der Waals surface area contributed by atoms with E-state index in [1.807, 2.05) is 13.8 Å². The van der Waals surface area contributed by atoms with E-state index in [0.717, 1.165) is 0 Å². The summed E-state index contributed by atoms with van der Waals surface area (Å²) in [5.74, 6) is 0.800. The Morgan fingerprint density at radius 3 is 2.30 bits per heavy atom. The number of hydrogen-bond donors (Lipinski definition) is 2. The Hall–Kier alpha value is -2.76. The summed E-state index contributed by atoms with van der Waals surface area (Å²) in [4.78, 5) is 32.0. The topological polar surface area (TPSA) is 84.0 Å². The molecular formula is C17H20N4O2. The molecule has 0 spiro atoms. The number of hydrogen-bond acceptors (Lipinski definition) is 5. The van der Waals surface area contributed by atoms with Gasteiger partial charge in [-0.2, -0.15) is 0 Å². The molecule has 23 heavy (non-hydrogen) atoms. The number of carbonyl (C=O) groups is 2. The second-order valence-corrected chi connectivity index (χ2v) is 5.57. The van der Waals surface area contributed by atoms with Crippen molar-refractivity contribution in [1.82, 2.24) is 9.97 Å². The van der Waals surface area contributed by atoms with E-state index in [0.29, 0.717) is 22.9 Å². The zero-order chi connectivity index (χ0) is 17.0. The maximum Gasteiger partial charge on any atom is 0.274 e. The third-order valence-electron chi connectivity index (χ3n) is 3.06. The molecule has 6 heteroatoms. The molecule has 0 aliphatic carbocycles. The van der Waals surface area contributed by atoms with Crippen LogP contribution in [0.4, 0.5) is 11.5 Å². The Kier molecular flexibility index (Phi) is 5.05. The van der Waals surface area contributed by atoms with Gasteiger partial charge < -0.3 is 10.6 Å². The molecule has 1 amide bonds. The number of aryl methyl sites for hydroxylation is 1. The average Bonchev–Trinajstić information content (AvgIpc) is 2.46. The second kappa shape index (κ2) is 7.00. The van der Waals surface area contributed by atoms with Crippen LogP contribution in [0.3, 0.4) is 0 Å². The first-order chi connectivity index (χ1) is 10.8. The normalized spacial score (nSPS) is 10.5. The van der Waals surface area contributed by atoms with Gasteiger partial charge in [-0.15, -0.1) is 0 Å². The molecule has 1 heterocycles. The molecule has 0 fully saturated rings. The summed E-state index contributed by atoms with van der Waals surface area (Å²) in [6, 6.07) is 8.56. The molecular weight excluding hydrogens is 292 g/mol. The molecule has 1 aromatic heterocycles. The maximum absolute atomic E-state index is 12.3. The fourth-order valence-electron chi connectivity index (χ4n) is 2.04. The smallest absolute Gasteiger partial charge is 0.274 e. The molecule has 120 valence electrons. The van der Waals surface area contributed by atoms with Crippen molar-refractivity contribution in [1.29, 1.82) is 0 Å². The van der Waals surface area contributed by atoms with E-state index in [1.54, 1.807) is 37.3 Å². The Morgan fingerprint density at radius 1 is 1.09 bits per heavy atom. The van der Waals surface area contributed by atoms with Crippen molar-refractivity contribution in [2.24, 2.45) is 0 Å². The number of rotatable bonds is 5. The van der Waals surface area contributed by atoms with E-state index < -0.39 is 0 Å². The monoisotopic (exact) mass is 312 g/mol. The van der Waals surface area contributed by atoms with Crippen LogP contribution in [0.5, 0.6) is 0 Å². The van der Waals surface area contributed by atoms with Gasteiger partial charge in [-0.25, -0.2) is 9.97 Å². The molecule has 6 nitrogen and oxygen atoms in total. The number of benzene rings is 1. The highest BCUT2D eigenvalue weighted by molar-refractivity contribution is 6.03. The van der Waals surface area contributed by atoms with Gasteiger partial charge in [0.15, 0.2) is 5.78 Å². The predicted molar refractivity (Wildman–Crippen MR) is 89.9 cm³/mol. The lowest BCUT2D eigenvalue weighted by atomic mass is 10.1. The Morgan fingerprint density at radius 2 is 1.74 bits per heavy atom. The third-order valence-corrected chi connectivity index (χ3v) is 3.06. The zero-order valence-electron chi connectivity index (χ0n) is 13.7. The van der Waals surface area contributed by atoms with Crippen LogP contribution in [0.2, 0.25) is 0 Å². The van der Waals surface area contributed by atoms with Crippen LogP contribution >= 0.6 is 0 Å². The van der Waals surface area contributed by atoms with E-state index in [9.17, 15) is 9.59 Å². The predicted octanol–water partition coefficient (Wildman–Crippen LogP) is 3.06. The van der Waals surface area contributed by atoms with Crippen molar-refractivity contribution in [3.8, 4) is 0 Å². The molecule has 0 aliphatic rings. The third kappa shape index (κ3) is 4.60. The quantitative estimate of drug-likeness (QED) is 0.829. The van der Waals surface area contributed by atoms with Gasteiger partial charge in [0.2, 0.25) is 0 Å². The first-order valence-corrected chi connectivity index (χ1v) is 7.39. The van der Waals surface area contributed by atoms with Gasteiger partial charge in [-0.3, -0.25) is 9.59 Å². The van der Waals surface area contributed by atoms with Crippen LogP contribution in [0, 0.1) is 6.92 Å². The highest BCUT2D eigenvalue weighted by Crippen LogP contribution is 2.13. The summed E-state index contributed by atoms with van der Waals surface area (Å²) in [6.45, 7) is 7.23. The van der Waals surface area contributed by atoms with Gasteiger partial charge in [0.25, 0.3) is 5.91 Å². The number of aromatic nitrogens is 2. The number of anilines is 2. The van der Waals surface area contributed by atoms with Gasteiger partial charge >= 0.3 is 0 Å². The lowest BCUT2D eigenvalue weighted by molar-refractivity contribution is 0.101. The maximum atomic E-state index is 12.3. The van der Waals surface area contributed by atoms with Crippen molar-refractivity contribution < 1.29 is 9.59 Å². The first-order valence-electron chi connectivity index (χ1n) is 7.39. The molecule has 0 saturated heterocycles. The van der Waals surface area contributed by atoms with Crippen LogP contribution in [-0.4, -0.2) is 27.7 Å². The summed E-state index contributed by atoms with van der Waals surface area (Å²) in [5, 5.41) is 5.92. The van der Waals surface area contributed by atoms with Gasteiger partial charge in [-0.1, -0.05) is 0 Å². The zero-order valence-corrected chi connectivity index (χ0v) is 13.7. The summed E-state index contributed by atoms with van der Waals surface area (Å²) < 4.78 is 0. The van der Waals surface area contributed by atoms with Gasteiger partial charge in [0.1, 0.15) is 17.3 Å². The van der Waals surface area contributed by atoms with E-state index in [-0.39, 0.29) is 23.4 Å². The van der Waals surface area contributed by atoms with Crippen molar-refractivity contribution in [3.63, 3.8) is 0 Å². The van der Waals surface area contributed by atoms with Crippen molar-refractivity contribution in [2.45, 2.75) is 33.7 Å².